The fourth-order valence-corrected chi connectivity index (χ4v) is 2.90. The fraction of sp³-hybridized carbons (Fsp3) is 0.500. The lowest BCUT2D eigenvalue weighted by molar-refractivity contribution is -0.132. The van der Waals surface area contributed by atoms with Crippen LogP contribution in [0.1, 0.15) is 31.7 Å². The summed E-state index contributed by atoms with van der Waals surface area (Å²) in [5.41, 5.74) is 0. The molecule has 3 rings (SSSR count). The van der Waals surface area contributed by atoms with Crippen LogP contribution in [0, 0.1) is 0 Å². The molecule has 1 aliphatic heterocycles. The van der Waals surface area contributed by atoms with Crippen molar-refractivity contribution >= 4 is 11.9 Å². The molecule has 0 unspecified atom stereocenters. The Bertz CT molecular complexity index is 600. The van der Waals surface area contributed by atoms with Gasteiger partial charge in [-0.05, 0) is 25.3 Å². The molecule has 23 heavy (non-hydrogen) atoms. The largest absolute Gasteiger partial charge is 0.354 e. The molecule has 7 heteroatoms. The standard InChI is InChI=1S/C16H22N6O/c23-15(5-1-6-18-16-19-7-3-8-20-16)21-10-2-4-14(12-21)22-11-9-17-13-22/h3,7-9,11,13-14H,1-2,4-6,10,12H2,(H,18,19,20)/t14-/m0/s1. The fourth-order valence-electron chi connectivity index (χ4n) is 2.90. The molecule has 2 aromatic heterocycles. The van der Waals surface area contributed by atoms with Gasteiger partial charge in [0.25, 0.3) is 0 Å². The van der Waals surface area contributed by atoms with Crippen molar-refractivity contribution in [3.8, 4) is 0 Å². The number of carbonyl (C=O) groups excluding carboxylic acids is 1. The average molecular weight is 314 g/mol. The lowest BCUT2D eigenvalue weighted by atomic mass is 10.0. The van der Waals surface area contributed by atoms with E-state index in [1.165, 1.54) is 0 Å². The van der Waals surface area contributed by atoms with E-state index in [1.54, 1.807) is 24.7 Å². The van der Waals surface area contributed by atoms with Crippen LogP contribution in [0.25, 0.3) is 0 Å². The highest BCUT2D eigenvalue weighted by Gasteiger charge is 2.23. The summed E-state index contributed by atoms with van der Waals surface area (Å²) in [7, 11) is 0. The molecule has 1 saturated heterocycles. The second-order valence-corrected chi connectivity index (χ2v) is 5.75. The Morgan fingerprint density at radius 2 is 2.17 bits per heavy atom. The SMILES string of the molecule is O=C(CCCNc1ncccn1)N1CCC[C@H](n2ccnc2)C1. The number of amides is 1. The molecule has 0 aromatic carbocycles. The Kier molecular flexibility index (Phi) is 5.18. The summed E-state index contributed by atoms with van der Waals surface area (Å²) in [5.74, 6) is 0.837. The second-order valence-electron chi connectivity index (χ2n) is 5.75. The van der Waals surface area contributed by atoms with Gasteiger partial charge >= 0.3 is 0 Å². The van der Waals surface area contributed by atoms with Crippen molar-refractivity contribution in [3.63, 3.8) is 0 Å². The molecule has 7 nitrogen and oxygen atoms in total. The van der Waals surface area contributed by atoms with Gasteiger partial charge in [-0.2, -0.15) is 0 Å². The summed E-state index contributed by atoms with van der Waals surface area (Å²) < 4.78 is 2.10. The zero-order chi connectivity index (χ0) is 15.9. The van der Waals surface area contributed by atoms with E-state index in [0.29, 0.717) is 25.0 Å². The molecule has 3 heterocycles. The average Bonchev–Trinajstić information content (AvgIpc) is 3.14. The Morgan fingerprint density at radius 1 is 1.30 bits per heavy atom. The van der Waals surface area contributed by atoms with Crippen LogP contribution in [-0.2, 0) is 4.79 Å². The van der Waals surface area contributed by atoms with E-state index in [4.69, 9.17) is 0 Å². The number of nitrogens with one attached hydrogen (secondary N) is 1. The van der Waals surface area contributed by atoms with Crippen molar-refractivity contribution in [2.75, 3.05) is 25.0 Å². The molecule has 0 radical (unpaired) electrons. The molecular formula is C16H22N6O. The first-order chi connectivity index (χ1) is 11.3. The summed E-state index contributed by atoms with van der Waals surface area (Å²) in [6.07, 6.45) is 12.5. The van der Waals surface area contributed by atoms with Crippen LogP contribution < -0.4 is 5.32 Å². The number of hydrogen-bond acceptors (Lipinski definition) is 5. The Hall–Kier alpha value is -2.44. The molecule has 0 saturated carbocycles. The van der Waals surface area contributed by atoms with Crippen LogP contribution >= 0.6 is 0 Å². The number of carbonyl (C=O) groups is 1. The lowest BCUT2D eigenvalue weighted by Gasteiger charge is -2.33. The molecule has 1 N–H and O–H groups in total. The number of imidazole rings is 1. The van der Waals surface area contributed by atoms with Crippen LogP contribution in [0.4, 0.5) is 5.95 Å². The van der Waals surface area contributed by atoms with Gasteiger partial charge in [-0.15, -0.1) is 0 Å². The van der Waals surface area contributed by atoms with E-state index >= 15 is 0 Å². The molecule has 1 aliphatic rings. The van der Waals surface area contributed by atoms with Gasteiger partial charge in [-0.3, -0.25) is 4.79 Å². The number of hydrogen-bond donors (Lipinski definition) is 1. The van der Waals surface area contributed by atoms with Gasteiger partial charge in [0.2, 0.25) is 11.9 Å². The summed E-state index contributed by atoms with van der Waals surface area (Å²) in [6, 6.07) is 2.13. The molecule has 1 amide bonds. The van der Waals surface area contributed by atoms with Crippen LogP contribution in [0.15, 0.2) is 37.2 Å². The Balaban J connectivity index is 1.41. The number of piperidine rings is 1. The number of anilines is 1. The number of aromatic nitrogens is 4. The molecule has 0 bridgehead atoms. The monoisotopic (exact) mass is 314 g/mol. The van der Waals surface area contributed by atoms with E-state index in [9.17, 15) is 4.79 Å². The zero-order valence-corrected chi connectivity index (χ0v) is 13.1. The van der Waals surface area contributed by atoms with Crippen molar-refractivity contribution < 1.29 is 4.79 Å². The summed E-state index contributed by atoms with van der Waals surface area (Å²) >= 11 is 0. The molecule has 1 fully saturated rings. The van der Waals surface area contributed by atoms with Gasteiger partial charge < -0.3 is 14.8 Å². The number of likely N-dealkylation sites (tertiary alicyclic amines) is 1. The van der Waals surface area contributed by atoms with E-state index in [2.05, 4.69) is 24.8 Å². The molecular weight excluding hydrogens is 292 g/mol. The zero-order valence-electron chi connectivity index (χ0n) is 13.1. The normalized spacial score (nSPS) is 17.9. The third kappa shape index (κ3) is 4.28. The van der Waals surface area contributed by atoms with Crippen molar-refractivity contribution in [2.45, 2.75) is 31.7 Å². The van der Waals surface area contributed by atoms with Gasteiger partial charge in [0.15, 0.2) is 0 Å². The highest BCUT2D eigenvalue weighted by molar-refractivity contribution is 5.76. The topological polar surface area (TPSA) is 75.9 Å². The summed E-state index contributed by atoms with van der Waals surface area (Å²) in [5, 5.41) is 3.13. The second kappa shape index (κ2) is 7.71. The molecule has 1 atom stereocenters. The highest BCUT2D eigenvalue weighted by atomic mass is 16.2. The van der Waals surface area contributed by atoms with Crippen molar-refractivity contribution in [2.24, 2.45) is 0 Å². The Labute approximate surface area is 135 Å². The van der Waals surface area contributed by atoms with E-state index in [-0.39, 0.29) is 5.91 Å². The third-order valence-corrected chi connectivity index (χ3v) is 4.11. The molecule has 122 valence electrons. The first kappa shape index (κ1) is 15.5. The quantitative estimate of drug-likeness (QED) is 0.822. The minimum Gasteiger partial charge on any atom is -0.354 e. The maximum absolute atomic E-state index is 12.4. The van der Waals surface area contributed by atoms with Crippen LogP contribution in [0.2, 0.25) is 0 Å². The van der Waals surface area contributed by atoms with Gasteiger partial charge in [-0.25, -0.2) is 15.0 Å². The van der Waals surface area contributed by atoms with E-state index in [0.717, 1.165) is 32.4 Å². The maximum Gasteiger partial charge on any atom is 0.222 e. The minimum absolute atomic E-state index is 0.227. The first-order valence-electron chi connectivity index (χ1n) is 8.09. The molecule has 0 spiro atoms. The van der Waals surface area contributed by atoms with Crippen molar-refractivity contribution in [3.05, 3.63) is 37.2 Å². The van der Waals surface area contributed by atoms with Crippen LogP contribution in [0.3, 0.4) is 0 Å². The third-order valence-electron chi connectivity index (χ3n) is 4.11. The summed E-state index contributed by atoms with van der Waals surface area (Å²) in [4.78, 5) is 26.6. The Morgan fingerprint density at radius 3 is 2.96 bits per heavy atom. The van der Waals surface area contributed by atoms with Crippen LogP contribution in [0.5, 0.6) is 0 Å². The van der Waals surface area contributed by atoms with E-state index in [1.807, 2.05) is 17.4 Å². The van der Waals surface area contributed by atoms with Crippen molar-refractivity contribution in [1.82, 2.24) is 24.4 Å². The van der Waals surface area contributed by atoms with Gasteiger partial charge in [0.1, 0.15) is 0 Å². The van der Waals surface area contributed by atoms with Crippen LogP contribution in [-0.4, -0.2) is 50.0 Å². The first-order valence-corrected chi connectivity index (χ1v) is 8.09. The van der Waals surface area contributed by atoms with Gasteiger partial charge in [0, 0.05) is 50.8 Å². The predicted molar refractivity (Wildman–Crippen MR) is 86.8 cm³/mol. The molecule has 0 aliphatic carbocycles. The van der Waals surface area contributed by atoms with Gasteiger partial charge in [-0.1, -0.05) is 0 Å². The number of nitrogens with zero attached hydrogens (tertiary/aromatic N) is 5. The van der Waals surface area contributed by atoms with Gasteiger partial charge in [0.05, 0.1) is 12.4 Å². The summed E-state index contributed by atoms with van der Waals surface area (Å²) in [6.45, 7) is 2.35. The highest BCUT2D eigenvalue weighted by Crippen LogP contribution is 2.21. The smallest absolute Gasteiger partial charge is 0.222 e. The maximum atomic E-state index is 12.4. The lowest BCUT2D eigenvalue weighted by Crippen LogP contribution is -2.40. The molecule has 2 aromatic rings. The number of rotatable bonds is 6. The predicted octanol–water partition coefficient (Wildman–Crippen LogP) is 1.73. The van der Waals surface area contributed by atoms with Crippen molar-refractivity contribution in [1.29, 1.82) is 0 Å². The van der Waals surface area contributed by atoms with E-state index < -0.39 is 0 Å². The minimum atomic E-state index is 0.227.